The normalized spacial score (nSPS) is 30.4. The molecule has 0 radical (unpaired) electrons. The number of ether oxygens (including phenoxy) is 1. The third-order valence-electron chi connectivity index (χ3n) is 3.75. The fourth-order valence-electron chi connectivity index (χ4n) is 2.44. The molecule has 0 spiro atoms. The van der Waals surface area contributed by atoms with E-state index < -0.39 is 18.3 Å². The number of aliphatic hydroxyl groups is 2. The zero-order valence-electron chi connectivity index (χ0n) is 11.2. The third-order valence-corrected chi connectivity index (χ3v) is 4.04. The van der Waals surface area contributed by atoms with E-state index in [9.17, 15) is 20.4 Å². The van der Waals surface area contributed by atoms with Crippen molar-refractivity contribution in [3.63, 3.8) is 0 Å². The lowest BCUT2D eigenvalue weighted by molar-refractivity contribution is -0.110. The maximum atomic E-state index is 9.94. The average Bonchev–Trinajstić information content (AvgIpc) is 2.37. The van der Waals surface area contributed by atoms with E-state index in [1.54, 1.807) is 0 Å². The molecule has 0 bridgehead atoms. The summed E-state index contributed by atoms with van der Waals surface area (Å²) in [5.41, 5.74) is 0.343. The minimum Gasteiger partial charge on any atom is -0.508 e. The van der Waals surface area contributed by atoms with E-state index in [1.807, 2.05) is 6.92 Å². The summed E-state index contributed by atoms with van der Waals surface area (Å²) in [5, 5.41) is 39.0. The summed E-state index contributed by atoms with van der Waals surface area (Å²) in [6.07, 6.45) is -0.844. The molecule has 20 heavy (non-hydrogen) atoms. The lowest BCUT2D eigenvalue weighted by atomic mass is 9.84. The molecule has 1 aromatic carbocycles. The number of halogens is 1. The van der Waals surface area contributed by atoms with Crippen LogP contribution in [-0.4, -0.2) is 38.7 Å². The van der Waals surface area contributed by atoms with Crippen molar-refractivity contribution in [3.8, 4) is 11.5 Å². The van der Waals surface area contributed by atoms with Gasteiger partial charge in [-0.3, -0.25) is 0 Å². The monoisotopic (exact) mass is 302 g/mol. The molecule has 6 heteroatoms. The molecule has 1 fully saturated rings. The molecule has 1 aliphatic rings. The first-order valence-corrected chi connectivity index (χ1v) is 6.94. The molecule has 0 saturated heterocycles. The van der Waals surface area contributed by atoms with Gasteiger partial charge < -0.3 is 25.2 Å². The summed E-state index contributed by atoms with van der Waals surface area (Å²) in [5.74, 6) is -0.179. The van der Waals surface area contributed by atoms with E-state index in [1.165, 1.54) is 12.1 Å². The number of phenols is 2. The van der Waals surface area contributed by atoms with E-state index in [0.717, 1.165) is 0 Å². The molecule has 4 N–H and O–H groups in total. The molecule has 4 atom stereocenters. The lowest BCUT2D eigenvalue weighted by Gasteiger charge is -2.35. The van der Waals surface area contributed by atoms with Crippen LogP contribution in [0.2, 0.25) is 5.02 Å². The second kappa shape index (κ2) is 6.18. The summed E-state index contributed by atoms with van der Waals surface area (Å²) in [7, 11) is 0. The molecule has 1 aliphatic carbocycles. The Balaban J connectivity index is 2.02. The van der Waals surface area contributed by atoms with Crippen molar-refractivity contribution in [2.45, 2.75) is 44.7 Å². The third kappa shape index (κ3) is 3.35. The van der Waals surface area contributed by atoms with Crippen molar-refractivity contribution in [2.24, 2.45) is 5.92 Å². The summed E-state index contributed by atoms with van der Waals surface area (Å²) < 4.78 is 5.55. The van der Waals surface area contributed by atoms with Gasteiger partial charge in [-0.15, -0.1) is 0 Å². The van der Waals surface area contributed by atoms with Gasteiger partial charge in [0.2, 0.25) is 0 Å². The molecular formula is C14H19ClO5. The first-order valence-electron chi connectivity index (χ1n) is 6.56. The van der Waals surface area contributed by atoms with Crippen LogP contribution in [0, 0.1) is 5.92 Å². The Kier molecular flexibility index (Phi) is 4.75. The summed E-state index contributed by atoms with van der Waals surface area (Å²) in [6, 6.07) is 2.59. The number of aromatic hydroxyl groups is 2. The molecule has 0 unspecified atom stereocenters. The number of aliphatic hydroxyl groups excluding tert-OH is 2. The molecular weight excluding hydrogens is 284 g/mol. The van der Waals surface area contributed by atoms with Gasteiger partial charge in [0.25, 0.3) is 0 Å². The van der Waals surface area contributed by atoms with Crippen molar-refractivity contribution in [2.75, 3.05) is 0 Å². The van der Waals surface area contributed by atoms with Crippen molar-refractivity contribution >= 4 is 11.6 Å². The quantitative estimate of drug-likeness (QED) is 0.639. The van der Waals surface area contributed by atoms with Gasteiger partial charge in [0.15, 0.2) is 0 Å². The Hall–Kier alpha value is -1.01. The first-order chi connectivity index (χ1) is 9.38. The standard InChI is InChI=1S/C14H19ClO5/c1-7-2-12(18)13(5-11(7)17)20-6-8-3-9(16)4-10(15)14(8)19/h3-4,7,11-13,16-19H,2,5-6H2,1H3/t7-,11+,12-,13-/m0/s1. The van der Waals surface area contributed by atoms with Crippen LogP contribution in [0.25, 0.3) is 0 Å². The zero-order valence-corrected chi connectivity index (χ0v) is 11.9. The van der Waals surface area contributed by atoms with Gasteiger partial charge in [-0.1, -0.05) is 18.5 Å². The Morgan fingerprint density at radius 1 is 1.20 bits per heavy atom. The van der Waals surface area contributed by atoms with Gasteiger partial charge in [-0.25, -0.2) is 0 Å². The fraction of sp³-hybridized carbons (Fsp3) is 0.571. The molecule has 1 saturated carbocycles. The minimum atomic E-state index is -0.650. The minimum absolute atomic E-state index is 0.00276. The van der Waals surface area contributed by atoms with Gasteiger partial charge in [-0.05, 0) is 18.4 Å². The second-order valence-corrected chi connectivity index (χ2v) is 5.78. The van der Waals surface area contributed by atoms with Gasteiger partial charge in [0.1, 0.15) is 11.5 Å². The van der Waals surface area contributed by atoms with Crippen LogP contribution in [0.5, 0.6) is 11.5 Å². The van der Waals surface area contributed by atoms with Crippen LogP contribution in [0.4, 0.5) is 0 Å². The summed E-state index contributed by atoms with van der Waals surface area (Å²) in [4.78, 5) is 0. The highest BCUT2D eigenvalue weighted by molar-refractivity contribution is 6.32. The predicted molar refractivity (Wildman–Crippen MR) is 73.8 cm³/mol. The highest BCUT2D eigenvalue weighted by Gasteiger charge is 2.33. The van der Waals surface area contributed by atoms with E-state index in [2.05, 4.69) is 0 Å². The van der Waals surface area contributed by atoms with Crippen molar-refractivity contribution in [1.82, 2.24) is 0 Å². The highest BCUT2D eigenvalue weighted by atomic mass is 35.5. The molecule has 1 aromatic rings. The van der Waals surface area contributed by atoms with E-state index in [0.29, 0.717) is 18.4 Å². The molecule has 0 aromatic heterocycles. The van der Waals surface area contributed by atoms with Gasteiger partial charge in [0.05, 0.1) is 29.9 Å². The second-order valence-electron chi connectivity index (χ2n) is 5.37. The maximum Gasteiger partial charge on any atom is 0.139 e. The van der Waals surface area contributed by atoms with Gasteiger partial charge >= 0.3 is 0 Å². The molecule has 0 amide bonds. The average molecular weight is 303 g/mol. The maximum absolute atomic E-state index is 9.94. The lowest BCUT2D eigenvalue weighted by Crippen LogP contribution is -2.42. The Labute approximate surface area is 122 Å². The highest BCUT2D eigenvalue weighted by Crippen LogP contribution is 2.33. The van der Waals surface area contributed by atoms with E-state index in [4.69, 9.17) is 16.3 Å². The zero-order chi connectivity index (χ0) is 14.9. The Bertz CT molecular complexity index is 479. The smallest absolute Gasteiger partial charge is 0.139 e. The molecule has 5 nitrogen and oxygen atoms in total. The number of hydrogen-bond donors (Lipinski definition) is 4. The molecule has 0 aliphatic heterocycles. The van der Waals surface area contributed by atoms with Crippen LogP contribution >= 0.6 is 11.6 Å². The van der Waals surface area contributed by atoms with Crippen LogP contribution < -0.4 is 0 Å². The largest absolute Gasteiger partial charge is 0.508 e. The van der Waals surface area contributed by atoms with Crippen molar-refractivity contribution < 1.29 is 25.2 Å². The topological polar surface area (TPSA) is 90.2 Å². The SMILES string of the molecule is C[C@H]1C[C@H](O)[C@@H](OCc2cc(O)cc(Cl)c2O)C[C@H]1O. The summed E-state index contributed by atoms with van der Waals surface area (Å²) in [6.45, 7) is 1.88. The van der Waals surface area contributed by atoms with Crippen molar-refractivity contribution in [1.29, 1.82) is 0 Å². The molecule has 2 rings (SSSR count). The molecule has 0 heterocycles. The number of phenolic OH excluding ortho intramolecular Hbond substituents is 2. The Morgan fingerprint density at radius 2 is 1.90 bits per heavy atom. The van der Waals surface area contributed by atoms with Crippen LogP contribution in [0.15, 0.2) is 12.1 Å². The predicted octanol–water partition coefficient (Wildman–Crippen LogP) is 1.79. The molecule has 112 valence electrons. The Morgan fingerprint density at radius 3 is 2.60 bits per heavy atom. The van der Waals surface area contributed by atoms with Crippen molar-refractivity contribution in [3.05, 3.63) is 22.7 Å². The van der Waals surface area contributed by atoms with Crippen LogP contribution in [0.3, 0.4) is 0 Å². The summed E-state index contributed by atoms with van der Waals surface area (Å²) >= 11 is 5.76. The van der Waals surface area contributed by atoms with Gasteiger partial charge in [-0.2, -0.15) is 0 Å². The van der Waals surface area contributed by atoms with Crippen LogP contribution in [-0.2, 0) is 11.3 Å². The first kappa shape index (κ1) is 15.4. The van der Waals surface area contributed by atoms with Crippen LogP contribution in [0.1, 0.15) is 25.3 Å². The van der Waals surface area contributed by atoms with Gasteiger partial charge in [0, 0.05) is 18.1 Å². The fourth-order valence-corrected chi connectivity index (χ4v) is 2.68. The van der Waals surface area contributed by atoms with E-state index in [-0.39, 0.29) is 29.0 Å². The number of rotatable bonds is 3. The number of hydrogen-bond acceptors (Lipinski definition) is 5. The number of benzene rings is 1. The van der Waals surface area contributed by atoms with E-state index >= 15 is 0 Å².